The Balaban J connectivity index is 1.55. The van der Waals surface area contributed by atoms with Gasteiger partial charge in [0.1, 0.15) is 6.04 Å². The standard InChI is InChI=1S/C19H23N3O2/c1-15(19(23)21-16-5-3-2-4-6-16)20-17-7-9-18(10-8-17)22-11-13-24-14-12-22/h2-10,15,20H,11-14H2,1H3,(H,21,23)/t15-/m0/s1. The van der Waals surface area contributed by atoms with Crippen molar-refractivity contribution in [2.75, 3.05) is 41.8 Å². The first-order valence-corrected chi connectivity index (χ1v) is 8.27. The maximum absolute atomic E-state index is 12.2. The Hall–Kier alpha value is -2.53. The lowest BCUT2D eigenvalue weighted by Gasteiger charge is -2.29. The van der Waals surface area contributed by atoms with E-state index in [9.17, 15) is 4.79 Å². The summed E-state index contributed by atoms with van der Waals surface area (Å²) in [6.07, 6.45) is 0. The summed E-state index contributed by atoms with van der Waals surface area (Å²) >= 11 is 0. The van der Waals surface area contributed by atoms with Crippen molar-refractivity contribution in [2.45, 2.75) is 13.0 Å². The van der Waals surface area contributed by atoms with Gasteiger partial charge in [0, 0.05) is 30.2 Å². The third kappa shape index (κ3) is 4.26. The Morgan fingerprint density at radius 3 is 2.33 bits per heavy atom. The second kappa shape index (κ2) is 7.84. The molecule has 0 aromatic heterocycles. The summed E-state index contributed by atoms with van der Waals surface area (Å²) in [5, 5.41) is 6.14. The molecule has 1 aliphatic rings. The molecule has 0 unspecified atom stereocenters. The molecule has 5 heteroatoms. The molecule has 0 spiro atoms. The zero-order valence-electron chi connectivity index (χ0n) is 13.9. The monoisotopic (exact) mass is 325 g/mol. The highest BCUT2D eigenvalue weighted by atomic mass is 16.5. The largest absolute Gasteiger partial charge is 0.378 e. The predicted molar refractivity (Wildman–Crippen MR) is 97.6 cm³/mol. The number of nitrogens with one attached hydrogen (secondary N) is 2. The van der Waals surface area contributed by atoms with E-state index in [1.807, 2.05) is 49.4 Å². The number of carbonyl (C=O) groups is 1. The highest BCUT2D eigenvalue weighted by Gasteiger charge is 2.14. The van der Waals surface area contributed by atoms with Gasteiger partial charge in [-0.3, -0.25) is 4.79 Å². The van der Waals surface area contributed by atoms with Gasteiger partial charge in [-0.15, -0.1) is 0 Å². The molecule has 126 valence electrons. The molecule has 2 N–H and O–H groups in total. The number of hydrogen-bond acceptors (Lipinski definition) is 4. The topological polar surface area (TPSA) is 53.6 Å². The summed E-state index contributed by atoms with van der Waals surface area (Å²) in [5.74, 6) is -0.0570. The van der Waals surface area contributed by atoms with E-state index in [0.717, 1.165) is 37.7 Å². The van der Waals surface area contributed by atoms with E-state index in [2.05, 4.69) is 27.7 Å². The highest BCUT2D eigenvalue weighted by molar-refractivity contribution is 5.96. The Bertz CT molecular complexity index is 652. The van der Waals surface area contributed by atoms with Gasteiger partial charge in [-0.05, 0) is 43.3 Å². The maximum Gasteiger partial charge on any atom is 0.246 e. The van der Waals surface area contributed by atoms with Crippen LogP contribution in [0.15, 0.2) is 54.6 Å². The fraction of sp³-hybridized carbons (Fsp3) is 0.316. The molecule has 24 heavy (non-hydrogen) atoms. The summed E-state index contributed by atoms with van der Waals surface area (Å²) in [7, 11) is 0. The molecule has 1 fully saturated rings. The van der Waals surface area contributed by atoms with Gasteiger partial charge >= 0.3 is 0 Å². The molecule has 1 heterocycles. The molecule has 1 amide bonds. The highest BCUT2D eigenvalue weighted by Crippen LogP contribution is 2.19. The van der Waals surface area contributed by atoms with Crippen molar-refractivity contribution < 1.29 is 9.53 Å². The SMILES string of the molecule is C[C@H](Nc1ccc(N2CCOCC2)cc1)C(=O)Nc1ccccc1. The maximum atomic E-state index is 12.2. The number of rotatable bonds is 5. The van der Waals surface area contributed by atoms with Gasteiger partial charge in [-0.1, -0.05) is 18.2 Å². The van der Waals surface area contributed by atoms with Crippen molar-refractivity contribution in [3.63, 3.8) is 0 Å². The number of ether oxygens (including phenoxy) is 1. The van der Waals surface area contributed by atoms with E-state index in [1.165, 1.54) is 5.69 Å². The van der Waals surface area contributed by atoms with E-state index in [1.54, 1.807) is 0 Å². The van der Waals surface area contributed by atoms with Crippen LogP contribution < -0.4 is 15.5 Å². The number of hydrogen-bond donors (Lipinski definition) is 2. The molecule has 0 radical (unpaired) electrons. The van der Waals surface area contributed by atoms with Crippen LogP contribution in [0.5, 0.6) is 0 Å². The zero-order chi connectivity index (χ0) is 16.8. The molecular formula is C19H23N3O2. The minimum Gasteiger partial charge on any atom is -0.378 e. The normalized spacial score (nSPS) is 15.6. The summed E-state index contributed by atoms with van der Waals surface area (Å²) in [6.45, 7) is 5.24. The first-order chi connectivity index (χ1) is 11.7. The van der Waals surface area contributed by atoms with Crippen molar-refractivity contribution in [1.82, 2.24) is 0 Å². The molecule has 3 rings (SSSR count). The molecular weight excluding hydrogens is 302 g/mol. The number of benzene rings is 2. The predicted octanol–water partition coefficient (Wildman–Crippen LogP) is 2.96. The van der Waals surface area contributed by atoms with Gasteiger partial charge in [0.2, 0.25) is 5.91 Å². The van der Waals surface area contributed by atoms with Gasteiger partial charge in [0.25, 0.3) is 0 Å². The Morgan fingerprint density at radius 2 is 1.67 bits per heavy atom. The zero-order valence-corrected chi connectivity index (χ0v) is 13.9. The average molecular weight is 325 g/mol. The van der Waals surface area contributed by atoms with Crippen molar-refractivity contribution in [3.8, 4) is 0 Å². The summed E-state index contributed by atoms with van der Waals surface area (Å²) in [6, 6.07) is 17.3. The van der Waals surface area contributed by atoms with Gasteiger partial charge in [-0.2, -0.15) is 0 Å². The molecule has 2 aromatic carbocycles. The fourth-order valence-corrected chi connectivity index (χ4v) is 2.68. The Labute approximate surface area is 142 Å². The fourth-order valence-electron chi connectivity index (χ4n) is 2.68. The number of carbonyl (C=O) groups excluding carboxylic acids is 1. The minimum absolute atomic E-state index is 0.0570. The van der Waals surface area contributed by atoms with E-state index >= 15 is 0 Å². The molecule has 0 saturated carbocycles. The average Bonchev–Trinajstić information content (AvgIpc) is 2.64. The summed E-state index contributed by atoms with van der Waals surface area (Å²) in [5.41, 5.74) is 2.92. The number of anilines is 3. The smallest absolute Gasteiger partial charge is 0.246 e. The molecule has 1 aliphatic heterocycles. The molecule has 2 aromatic rings. The summed E-state index contributed by atoms with van der Waals surface area (Å²) < 4.78 is 5.37. The van der Waals surface area contributed by atoms with Crippen LogP contribution in [0.2, 0.25) is 0 Å². The molecule has 1 atom stereocenters. The quantitative estimate of drug-likeness (QED) is 0.887. The second-order valence-corrected chi connectivity index (χ2v) is 5.87. The molecule has 5 nitrogen and oxygen atoms in total. The number of nitrogens with zero attached hydrogens (tertiary/aromatic N) is 1. The number of amides is 1. The van der Waals surface area contributed by atoms with Crippen LogP contribution >= 0.6 is 0 Å². The van der Waals surface area contributed by atoms with E-state index in [-0.39, 0.29) is 11.9 Å². The van der Waals surface area contributed by atoms with Gasteiger partial charge in [0.05, 0.1) is 13.2 Å². The lowest BCUT2D eigenvalue weighted by Crippen LogP contribution is -2.36. The summed E-state index contributed by atoms with van der Waals surface area (Å²) in [4.78, 5) is 14.5. The Morgan fingerprint density at radius 1 is 1.00 bits per heavy atom. The van der Waals surface area contributed by atoms with Crippen LogP contribution in [0.25, 0.3) is 0 Å². The molecule has 1 saturated heterocycles. The van der Waals surface area contributed by atoms with Crippen LogP contribution in [0.3, 0.4) is 0 Å². The number of para-hydroxylation sites is 1. The first-order valence-electron chi connectivity index (χ1n) is 8.27. The van der Waals surface area contributed by atoms with E-state index in [0.29, 0.717) is 0 Å². The van der Waals surface area contributed by atoms with Crippen LogP contribution in [0.1, 0.15) is 6.92 Å². The molecule has 0 bridgehead atoms. The third-order valence-corrected chi connectivity index (χ3v) is 4.06. The van der Waals surface area contributed by atoms with Crippen molar-refractivity contribution in [2.24, 2.45) is 0 Å². The van der Waals surface area contributed by atoms with Crippen molar-refractivity contribution in [3.05, 3.63) is 54.6 Å². The second-order valence-electron chi connectivity index (χ2n) is 5.87. The van der Waals surface area contributed by atoms with Crippen molar-refractivity contribution >= 4 is 23.0 Å². The first kappa shape index (κ1) is 16.3. The third-order valence-electron chi connectivity index (χ3n) is 4.06. The number of morpholine rings is 1. The lowest BCUT2D eigenvalue weighted by molar-refractivity contribution is -0.116. The van der Waals surface area contributed by atoms with Gasteiger partial charge in [-0.25, -0.2) is 0 Å². The van der Waals surface area contributed by atoms with Gasteiger partial charge in [0.15, 0.2) is 0 Å². The van der Waals surface area contributed by atoms with Crippen LogP contribution in [0, 0.1) is 0 Å². The van der Waals surface area contributed by atoms with E-state index in [4.69, 9.17) is 4.74 Å². The van der Waals surface area contributed by atoms with Crippen LogP contribution in [-0.4, -0.2) is 38.3 Å². The lowest BCUT2D eigenvalue weighted by atomic mass is 10.2. The van der Waals surface area contributed by atoms with Crippen molar-refractivity contribution in [1.29, 1.82) is 0 Å². The molecule has 0 aliphatic carbocycles. The Kier molecular flexibility index (Phi) is 5.33. The minimum atomic E-state index is -0.320. The van der Waals surface area contributed by atoms with E-state index < -0.39 is 0 Å². The van der Waals surface area contributed by atoms with Crippen LogP contribution in [-0.2, 0) is 9.53 Å². The van der Waals surface area contributed by atoms with Gasteiger partial charge < -0.3 is 20.3 Å². The van der Waals surface area contributed by atoms with Crippen LogP contribution in [0.4, 0.5) is 17.1 Å².